The second kappa shape index (κ2) is 4.09. The average Bonchev–Trinajstić information content (AvgIpc) is 2.84. The minimum absolute atomic E-state index is 0.702. The Balaban J connectivity index is 1.50. The van der Waals surface area contributed by atoms with Crippen molar-refractivity contribution in [3.05, 3.63) is 34.9 Å². The Morgan fingerprint density at radius 3 is 2.50 bits per heavy atom. The molecule has 4 rings (SSSR count). The summed E-state index contributed by atoms with van der Waals surface area (Å²) < 4.78 is 0. The molecular weight excluding hydrogens is 218 g/mol. The summed E-state index contributed by atoms with van der Waals surface area (Å²) in [6.07, 6.45) is 9.74. The molecule has 1 aromatic carbocycles. The van der Waals surface area contributed by atoms with Gasteiger partial charge in [0, 0.05) is 13.1 Å². The highest BCUT2D eigenvalue weighted by Gasteiger charge is 2.40. The predicted molar refractivity (Wildman–Crippen MR) is 75.0 cm³/mol. The van der Waals surface area contributed by atoms with Gasteiger partial charge >= 0.3 is 0 Å². The molecule has 0 aromatic heterocycles. The predicted octanol–water partition coefficient (Wildman–Crippen LogP) is 3.42. The van der Waals surface area contributed by atoms with E-state index in [1.807, 2.05) is 0 Å². The van der Waals surface area contributed by atoms with Crippen molar-refractivity contribution in [2.45, 2.75) is 50.9 Å². The molecule has 96 valence electrons. The number of hydrogen-bond acceptors (Lipinski definition) is 1. The van der Waals surface area contributed by atoms with Gasteiger partial charge < -0.3 is 5.32 Å². The van der Waals surface area contributed by atoms with Gasteiger partial charge in [-0.15, -0.1) is 0 Å². The Labute approximate surface area is 110 Å². The first-order valence-corrected chi connectivity index (χ1v) is 7.67. The Hall–Kier alpha value is -0.820. The summed E-state index contributed by atoms with van der Waals surface area (Å²) in [5.74, 6) is 0.849. The third-order valence-corrected chi connectivity index (χ3v) is 5.64. The van der Waals surface area contributed by atoms with Gasteiger partial charge in [-0.1, -0.05) is 18.2 Å². The number of fused-ring (bicyclic) bond motifs is 1. The highest BCUT2D eigenvalue weighted by molar-refractivity contribution is 5.37. The van der Waals surface area contributed by atoms with Crippen molar-refractivity contribution in [3.63, 3.8) is 0 Å². The van der Waals surface area contributed by atoms with E-state index in [0.717, 1.165) is 5.92 Å². The van der Waals surface area contributed by atoms with Crippen molar-refractivity contribution in [2.24, 2.45) is 5.41 Å². The van der Waals surface area contributed by atoms with Gasteiger partial charge in [0.05, 0.1) is 0 Å². The van der Waals surface area contributed by atoms with Crippen LogP contribution in [0.15, 0.2) is 18.2 Å². The molecule has 1 heteroatoms. The van der Waals surface area contributed by atoms with Crippen molar-refractivity contribution in [3.8, 4) is 0 Å². The van der Waals surface area contributed by atoms with Gasteiger partial charge in [0.15, 0.2) is 0 Å². The summed E-state index contributed by atoms with van der Waals surface area (Å²) in [4.78, 5) is 0. The Kier molecular flexibility index (Phi) is 2.51. The summed E-state index contributed by atoms with van der Waals surface area (Å²) in [6.45, 7) is 2.56. The smallest absolute Gasteiger partial charge is 0.00202 e. The van der Waals surface area contributed by atoms with Crippen molar-refractivity contribution >= 4 is 0 Å². The molecule has 0 radical (unpaired) electrons. The Morgan fingerprint density at radius 2 is 1.78 bits per heavy atom. The fraction of sp³-hybridized carbons (Fsp3) is 0.647. The van der Waals surface area contributed by atoms with Crippen LogP contribution >= 0.6 is 0 Å². The molecular formula is C17H23N. The summed E-state index contributed by atoms with van der Waals surface area (Å²) in [5.41, 5.74) is 5.61. The fourth-order valence-corrected chi connectivity index (χ4v) is 4.24. The molecule has 18 heavy (non-hydrogen) atoms. The lowest BCUT2D eigenvalue weighted by atomic mass is 9.66. The van der Waals surface area contributed by atoms with E-state index in [0.29, 0.717) is 5.41 Å². The zero-order valence-corrected chi connectivity index (χ0v) is 11.2. The number of rotatable bonds is 1. The van der Waals surface area contributed by atoms with Crippen molar-refractivity contribution in [1.29, 1.82) is 0 Å². The molecule has 0 bridgehead atoms. The highest BCUT2D eigenvalue weighted by atomic mass is 15.0. The molecule has 2 aliphatic carbocycles. The minimum atomic E-state index is 0.702. The van der Waals surface area contributed by atoms with Crippen LogP contribution in [0.1, 0.15) is 54.7 Å². The summed E-state index contributed by atoms with van der Waals surface area (Å²) in [5, 5.41) is 3.46. The maximum atomic E-state index is 3.46. The van der Waals surface area contributed by atoms with Gasteiger partial charge in [0.25, 0.3) is 0 Å². The molecule has 1 nitrogen and oxygen atoms in total. The number of aryl methyl sites for hydroxylation is 2. The Morgan fingerprint density at radius 1 is 1.00 bits per heavy atom. The third kappa shape index (κ3) is 1.72. The van der Waals surface area contributed by atoms with Gasteiger partial charge in [0.1, 0.15) is 0 Å². The standard InChI is InChI=1S/C17H23N/c1-2-13-4-5-16(10-15(13)3-1)14-6-8-17(9-7-14)11-18-12-17/h4-5,10,14,18H,1-3,6-9,11-12H2. The largest absolute Gasteiger partial charge is 0.316 e. The van der Waals surface area contributed by atoms with E-state index < -0.39 is 0 Å². The van der Waals surface area contributed by atoms with E-state index in [1.165, 1.54) is 58.0 Å². The van der Waals surface area contributed by atoms with Crippen molar-refractivity contribution in [1.82, 2.24) is 5.32 Å². The zero-order valence-electron chi connectivity index (χ0n) is 11.2. The van der Waals surface area contributed by atoms with Crippen LogP contribution in [0.4, 0.5) is 0 Å². The minimum Gasteiger partial charge on any atom is -0.316 e. The molecule has 1 N–H and O–H groups in total. The average molecular weight is 241 g/mol. The first kappa shape index (κ1) is 11.0. The highest BCUT2D eigenvalue weighted by Crippen LogP contribution is 2.45. The van der Waals surface area contributed by atoms with Crippen LogP contribution in [0.25, 0.3) is 0 Å². The molecule has 1 heterocycles. The quantitative estimate of drug-likeness (QED) is 0.794. The lowest BCUT2D eigenvalue weighted by molar-refractivity contribution is 0.0975. The van der Waals surface area contributed by atoms with E-state index in [1.54, 1.807) is 16.7 Å². The summed E-state index contributed by atoms with van der Waals surface area (Å²) in [7, 11) is 0. The van der Waals surface area contributed by atoms with Crippen LogP contribution in [-0.4, -0.2) is 13.1 Å². The molecule has 0 amide bonds. The van der Waals surface area contributed by atoms with Gasteiger partial charge in [-0.25, -0.2) is 0 Å². The van der Waals surface area contributed by atoms with Crippen LogP contribution in [0, 0.1) is 5.41 Å². The third-order valence-electron chi connectivity index (χ3n) is 5.64. The monoisotopic (exact) mass is 241 g/mol. The molecule has 1 aliphatic heterocycles. The van der Waals surface area contributed by atoms with Crippen LogP contribution in [0.3, 0.4) is 0 Å². The van der Waals surface area contributed by atoms with Crippen molar-refractivity contribution < 1.29 is 0 Å². The molecule has 1 saturated carbocycles. The maximum Gasteiger partial charge on any atom is 0.00202 e. The molecule has 1 aromatic rings. The molecule has 0 atom stereocenters. The van der Waals surface area contributed by atoms with E-state index in [9.17, 15) is 0 Å². The van der Waals surface area contributed by atoms with Gasteiger partial charge in [-0.05, 0) is 73.0 Å². The molecule has 3 aliphatic rings. The van der Waals surface area contributed by atoms with Gasteiger partial charge in [-0.2, -0.15) is 0 Å². The summed E-state index contributed by atoms with van der Waals surface area (Å²) >= 11 is 0. The lowest BCUT2D eigenvalue weighted by Gasteiger charge is -2.47. The molecule has 2 fully saturated rings. The van der Waals surface area contributed by atoms with E-state index in [2.05, 4.69) is 23.5 Å². The topological polar surface area (TPSA) is 12.0 Å². The number of hydrogen-bond donors (Lipinski definition) is 1. The zero-order chi connectivity index (χ0) is 12.0. The van der Waals surface area contributed by atoms with Crippen molar-refractivity contribution in [2.75, 3.05) is 13.1 Å². The molecule has 0 unspecified atom stereocenters. The molecule has 1 spiro atoms. The van der Waals surface area contributed by atoms with E-state index in [4.69, 9.17) is 0 Å². The lowest BCUT2D eigenvalue weighted by Crippen LogP contribution is -2.54. The SMILES string of the molecule is c1cc2c(cc1C1CCC3(CC1)CNC3)CCC2. The first-order chi connectivity index (χ1) is 8.85. The van der Waals surface area contributed by atoms with Crippen LogP contribution in [0.2, 0.25) is 0 Å². The number of nitrogens with one attached hydrogen (secondary N) is 1. The second-order valence-electron chi connectivity index (χ2n) is 6.76. The second-order valence-corrected chi connectivity index (χ2v) is 6.76. The van der Waals surface area contributed by atoms with Crippen LogP contribution < -0.4 is 5.32 Å². The van der Waals surface area contributed by atoms with E-state index >= 15 is 0 Å². The van der Waals surface area contributed by atoms with Crippen LogP contribution in [0.5, 0.6) is 0 Å². The normalized spacial score (nSPS) is 26.0. The maximum absolute atomic E-state index is 3.46. The van der Waals surface area contributed by atoms with Gasteiger partial charge in [-0.3, -0.25) is 0 Å². The molecule has 1 saturated heterocycles. The fourth-order valence-electron chi connectivity index (χ4n) is 4.24. The van der Waals surface area contributed by atoms with Gasteiger partial charge in [0.2, 0.25) is 0 Å². The summed E-state index contributed by atoms with van der Waals surface area (Å²) in [6, 6.07) is 7.36. The Bertz CT molecular complexity index is 449. The van der Waals surface area contributed by atoms with Crippen LogP contribution in [-0.2, 0) is 12.8 Å². The first-order valence-electron chi connectivity index (χ1n) is 7.67. The number of benzene rings is 1. The van der Waals surface area contributed by atoms with E-state index in [-0.39, 0.29) is 0 Å².